The first-order chi connectivity index (χ1) is 9.63. The second-order valence-corrected chi connectivity index (χ2v) is 5.91. The molecule has 1 aliphatic heterocycles. The Kier molecular flexibility index (Phi) is 5.70. The highest BCUT2D eigenvalue weighted by Crippen LogP contribution is 2.31. The van der Waals surface area contributed by atoms with Gasteiger partial charge in [-0.3, -0.25) is 0 Å². The Morgan fingerprint density at radius 2 is 2.25 bits per heavy atom. The third kappa shape index (κ3) is 3.66. The van der Waals surface area contributed by atoms with Crippen molar-refractivity contribution in [3.05, 3.63) is 28.8 Å². The molecule has 2 atom stereocenters. The number of benzene rings is 1. The van der Waals surface area contributed by atoms with Crippen molar-refractivity contribution in [2.24, 2.45) is 0 Å². The molecule has 0 amide bonds. The summed E-state index contributed by atoms with van der Waals surface area (Å²) in [6.45, 7) is 7.05. The van der Waals surface area contributed by atoms with Crippen LogP contribution >= 0.6 is 11.6 Å². The molecule has 0 saturated carbocycles. The SMILES string of the molecule is CCCNCc1ccc(N(C)C2CCOC2C)c(Cl)c1. The minimum atomic E-state index is 0.266. The molecule has 2 unspecified atom stereocenters. The Hall–Kier alpha value is -0.770. The molecule has 1 N–H and O–H groups in total. The van der Waals surface area contributed by atoms with Gasteiger partial charge in [0.2, 0.25) is 0 Å². The summed E-state index contributed by atoms with van der Waals surface area (Å²) in [5.74, 6) is 0. The highest BCUT2D eigenvalue weighted by Gasteiger charge is 2.28. The molecule has 1 aliphatic rings. The largest absolute Gasteiger partial charge is 0.376 e. The van der Waals surface area contributed by atoms with E-state index < -0.39 is 0 Å². The van der Waals surface area contributed by atoms with E-state index in [9.17, 15) is 0 Å². The van der Waals surface area contributed by atoms with Crippen LogP contribution in [0.15, 0.2) is 18.2 Å². The molecule has 4 heteroatoms. The van der Waals surface area contributed by atoms with Crippen LogP contribution in [-0.2, 0) is 11.3 Å². The van der Waals surface area contributed by atoms with E-state index in [1.54, 1.807) is 0 Å². The number of nitrogens with zero attached hydrogens (tertiary/aromatic N) is 1. The van der Waals surface area contributed by atoms with Crippen molar-refractivity contribution in [1.82, 2.24) is 5.32 Å². The molecule has 0 radical (unpaired) electrons. The fourth-order valence-electron chi connectivity index (χ4n) is 2.76. The molecule has 0 aliphatic carbocycles. The Bertz CT molecular complexity index is 438. The van der Waals surface area contributed by atoms with Crippen LogP contribution in [0.5, 0.6) is 0 Å². The minimum Gasteiger partial charge on any atom is -0.376 e. The van der Waals surface area contributed by atoms with Gasteiger partial charge in [-0.15, -0.1) is 0 Å². The minimum absolute atomic E-state index is 0.266. The number of likely N-dealkylation sites (N-methyl/N-ethyl adjacent to an activating group) is 1. The van der Waals surface area contributed by atoms with Crippen molar-refractivity contribution in [2.75, 3.05) is 25.1 Å². The maximum Gasteiger partial charge on any atom is 0.0750 e. The Labute approximate surface area is 127 Å². The molecule has 1 heterocycles. The van der Waals surface area contributed by atoms with E-state index in [1.807, 2.05) is 0 Å². The van der Waals surface area contributed by atoms with Crippen molar-refractivity contribution in [3.63, 3.8) is 0 Å². The van der Waals surface area contributed by atoms with Crippen LogP contribution in [0, 0.1) is 0 Å². The van der Waals surface area contributed by atoms with Gasteiger partial charge in [-0.1, -0.05) is 24.6 Å². The fourth-order valence-corrected chi connectivity index (χ4v) is 3.10. The first kappa shape index (κ1) is 15.6. The number of halogens is 1. The van der Waals surface area contributed by atoms with Crippen LogP contribution in [0.25, 0.3) is 0 Å². The Morgan fingerprint density at radius 1 is 1.45 bits per heavy atom. The summed E-state index contributed by atoms with van der Waals surface area (Å²) in [6, 6.07) is 6.75. The number of hydrogen-bond acceptors (Lipinski definition) is 3. The standard InChI is InChI=1S/C16H25ClN2O/c1-4-8-18-11-13-5-6-16(14(17)10-13)19(3)15-7-9-20-12(15)2/h5-6,10,12,15,18H,4,7-9,11H2,1-3H3. The van der Waals surface area contributed by atoms with Gasteiger partial charge in [-0.2, -0.15) is 0 Å². The van der Waals surface area contributed by atoms with Gasteiger partial charge in [0.15, 0.2) is 0 Å². The summed E-state index contributed by atoms with van der Waals surface area (Å²) in [6.07, 6.45) is 2.48. The zero-order valence-electron chi connectivity index (χ0n) is 12.7. The summed E-state index contributed by atoms with van der Waals surface area (Å²) in [5, 5.41) is 4.22. The molecule has 20 heavy (non-hydrogen) atoms. The van der Waals surface area contributed by atoms with Gasteiger partial charge in [0.05, 0.1) is 22.9 Å². The zero-order valence-corrected chi connectivity index (χ0v) is 13.4. The second-order valence-electron chi connectivity index (χ2n) is 5.51. The topological polar surface area (TPSA) is 24.5 Å². The highest BCUT2D eigenvalue weighted by molar-refractivity contribution is 6.33. The van der Waals surface area contributed by atoms with E-state index in [2.05, 4.69) is 49.3 Å². The van der Waals surface area contributed by atoms with E-state index >= 15 is 0 Å². The maximum atomic E-state index is 6.45. The summed E-state index contributed by atoms with van der Waals surface area (Å²) in [7, 11) is 2.10. The Morgan fingerprint density at radius 3 is 2.85 bits per heavy atom. The third-order valence-electron chi connectivity index (χ3n) is 3.98. The fraction of sp³-hybridized carbons (Fsp3) is 0.625. The van der Waals surface area contributed by atoms with Gasteiger partial charge in [0.25, 0.3) is 0 Å². The van der Waals surface area contributed by atoms with Crippen LogP contribution < -0.4 is 10.2 Å². The smallest absolute Gasteiger partial charge is 0.0750 e. The molecule has 0 spiro atoms. The van der Waals surface area contributed by atoms with Crippen molar-refractivity contribution in [1.29, 1.82) is 0 Å². The normalized spacial score (nSPS) is 22.2. The zero-order chi connectivity index (χ0) is 14.5. The van der Waals surface area contributed by atoms with Gasteiger partial charge in [0.1, 0.15) is 0 Å². The molecule has 3 nitrogen and oxygen atoms in total. The van der Waals surface area contributed by atoms with E-state index in [0.717, 1.165) is 43.2 Å². The van der Waals surface area contributed by atoms with E-state index in [1.165, 1.54) is 5.56 Å². The van der Waals surface area contributed by atoms with Crippen LogP contribution in [0.1, 0.15) is 32.3 Å². The molecule has 1 aromatic carbocycles. The maximum absolute atomic E-state index is 6.45. The van der Waals surface area contributed by atoms with Crippen molar-refractivity contribution < 1.29 is 4.74 Å². The number of nitrogens with one attached hydrogen (secondary N) is 1. The molecule has 1 saturated heterocycles. The lowest BCUT2D eigenvalue weighted by Gasteiger charge is -2.29. The summed E-state index contributed by atoms with van der Waals surface area (Å²) >= 11 is 6.45. The van der Waals surface area contributed by atoms with Crippen LogP contribution in [0.2, 0.25) is 5.02 Å². The first-order valence-electron chi connectivity index (χ1n) is 7.47. The van der Waals surface area contributed by atoms with Crippen LogP contribution in [0.4, 0.5) is 5.69 Å². The number of hydrogen-bond donors (Lipinski definition) is 1. The third-order valence-corrected chi connectivity index (χ3v) is 4.28. The van der Waals surface area contributed by atoms with Crippen LogP contribution in [0.3, 0.4) is 0 Å². The summed E-state index contributed by atoms with van der Waals surface area (Å²) < 4.78 is 5.64. The number of anilines is 1. The second kappa shape index (κ2) is 7.30. The molecule has 1 fully saturated rings. The van der Waals surface area contributed by atoms with E-state index in [-0.39, 0.29) is 6.10 Å². The average Bonchev–Trinajstić information content (AvgIpc) is 2.85. The lowest BCUT2D eigenvalue weighted by Crippen LogP contribution is -2.36. The molecule has 0 aromatic heterocycles. The molecule has 112 valence electrons. The van der Waals surface area contributed by atoms with Crippen LogP contribution in [-0.4, -0.2) is 32.3 Å². The predicted molar refractivity (Wildman–Crippen MR) is 85.7 cm³/mol. The van der Waals surface area contributed by atoms with Gasteiger partial charge in [-0.25, -0.2) is 0 Å². The lowest BCUT2D eigenvalue weighted by atomic mass is 10.1. The van der Waals surface area contributed by atoms with Gasteiger partial charge in [0, 0.05) is 20.2 Å². The summed E-state index contributed by atoms with van der Waals surface area (Å²) in [5.41, 5.74) is 2.32. The molecule has 0 bridgehead atoms. The molecule has 2 rings (SSSR count). The van der Waals surface area contributed by atoms with Gasteiger partial charge < -0.3 is 15.0 Å². The molecular formula is C16H25ClN2O. The van der Waals surface area contributed by atoms with Gasteiger partial charge >= 0.3 is 0 Å². The number of rotatable bonds is 6. The van der Waals surface area contributed by atoms with Gasteiger partial charge in [-0.05, 0) is 44.0 Å². The van der Waals surface area contributed by atoms with Crippen molar-refractivity contribution in [2.45, 2.75) is 45.4 Å². The van der Waals surface area contributed by atoms with Crippen molar-refractivity contribution >= 4 is 17.3 Å². The van der Waals surface area contributed by atoms with E-state index in [4.69, 9.17) is 16.3 Å². The summed E-state index contributed by atoms with van der Waals surface area (Å²) in [4.78, 5) is 2.25. The predicted octanol–water partition coefficient (Wildman–Crippen LogP) is 3.45. The average molecular weight is 297 g/mol. The highest BCUT2D eigenvalue weighted by atomic mass is 35.5. The lowest BCUT2D eigenvalue weighted by molar-refractivity contribution is 0.118. The first-order valence-corrected chi connectivity index (χ1v) is 7.85. The molecule has 1 aromatic rings. The number of ether oxygens (including phenoxy) is 1. The monoisotopic (exact) mass is 296 g/mol. The molecular weight excluding hydrogens is 272 g/mol. The Balaban J connectivity index is 2.05. The van der Waals surface area contributed by atoms with E-state index in [0.29, 0.717) is 6.04 Å². The quantitative estimate of drug-likeness (QED) is 0.814. The van der Waals surface area contributed by atoms with Crippen molar-refractivity contribution in [3.8, 4) is 0 Å².